The van der Waals surface area contributed by atoms with Crippen LogP contribution in [0.25, 0.3) is 0 Å². The number of allylic oxidation sites excluding steroid dienone is 1. The van der Waals surface area contributed by atoms with E-state index >= 15 is 0 Å². The van der Waals surface area contributed by atoms with Crippen LogP contribution in [-0.2, 0) is 20.6 Å². The van der Waals surface area contributed by atoms with Crippen molar-refractivity contribution in [2.45, 2.75) is 96.1 Å². The molecule has 1 fully saturated rings. The molecule has 3 unspecified atom stereocenters. The molecule has 1 aliphatic rings. The molecule has 6 heteroatoms. The van der Waals surface area contributed by atoms with Crippen LogP contribution in [0.1, 0.15) is 76.7 Å². The maximum atomic E-state index is 12.4. The molecule has 178 valence electrons. The third-order valence-electron chi connectivity index (χ3n) is 6.03. The van der Waals surface area contributed by atoms with Gasteiger partial charge in [0.2, 0.25) is 0 Å². The van der Waals surface area contributed by atoms with Crippen LogP contribution in [0, 0.1) is 5.92 Å². The van der Waals surface area contributed by atoms with Crippen molar-refractivity contribution in [1.82, 2.24) is 0 Å². The summed E-state index contributed by atoms with van der Waals surface area (Å²) in [5.74, 6) is 0.309. The molecule has 1 aromatic rings. The largest absolute Gasteiger partial charge is 0.458 e. The molecular weight excluding hydrogens is 467 g/mol. The molecule has 1 saturated carbocycles. The number of carbonyl (C=O) groups is 1. The fraction of sp³-hybridized carbons (Fsp3) is 0.654. The summed E-state index contributed by atoms with van der Waals surface area (Å²) in [5.41, 5.74) is 1.26. The van der Waals surface area contributed by atoms with Gasteiger partial charge >= 0.3 is 13.1 Å². The maximum absolute atomic E-state index is 12.4. The fourth-order valence-electron chi connectivity index (χ4n) is 4.14. The van der Waals surface area contributed by atoms with E-state index in [1.165, 1.54) is 5.56 Å². The summed E-state index contributed by atoms with van der Waals surface area (Å²) in [6, 6.07) is 10.3. The summed E-state index contributed by atoms with van der Waals surface area (Å²) in [5, 5.41) is 11.0. The molecular formula is C26H40BBrO4. The molecule has 32 heavy (non-hydrogen) atoms. The average Bonchev–Trinajstić information content (AvgIpc) is 3.25. The Bertz CT molecular complexity index is 654. The minimum absolute atomic E-state index is 0.103. The lowest BCUT2D eigenvalue weighted by molar-refractivity contribution is -0.147. The number of rotatable bonds is 16. The van der Waals surface area contributed by atoms with Gasteiger partial charge in [0.1, 0.15) is 6.10 Å². The molecule has 0 aromatic heterocycles. The van der Waals surface area contributed by atoms with E-state index in [2.05, 4.69) is 47.1 Å². The van der Waals surface area contributed by atoms with Gasteiger partial charge in [0.25, 0.3) is 0 Å². The van der Waals surface area contributed by atoms with Crippen LogP contribution < -0.4 is 0 Å². The summed E-state index contributed by atoms with van der Waals surface area (Å²) in [6.07, 6.45) is 15.1. The van der Waals surface area contributed by atoms with Crippen LogP contribution in [0.2, 0.25) is 6.32 Å². The van der Waals surface area contributed by atoms with Crippen molar-refractivity contribution in [3.63, 3.8) is 0 Å². The lowest BCUT2D eigenvalue weighted by Crippen LogP contribution is -2.24. The number of carbonyl (C=O) groups excluding carboxylic acids is 1. The number of esters is 1. The van der Waals surface area contributed by atoms with E-state index in [-0.39, 0.29) is 18.2 Å². The Morgan fingerprint density at radius 1 is 1.22 bits per heavy atom. The first-order chi connectivity index (χ1) is 15.6. The molecule has 0 aliphatic heterocycles. The van der Waals surface area contributed by atoms with Crippen molar-refractivity contribution in [1.29, 1.82) is 0 Å². The van der Waals surface area contributed by atoms with Gasteiger partial charge in [-0.25, -0.2) is 0 Å². The van der Waals surface area contributed by atoms with Crippen molar-refractivity contribution in [3.8, 4) is 0 Å². The van der Waals surface area contributed by atoms with Crippen molar-refractivity contribution in [3.05, 3.63) is 48.0 Å². The highest BCUT2D eigenvalue weighted by atomic mass is 79.9. The third-order valence-corrected chi connectivity index (χ3v) is 6.60. The van der Waals surface area contributed by atoms with Crippen LogP contribution >= 0.6 is 15.9 Å². The molecule has 0 amide bonds. The fourth-order valence-corrected chi connectivity index (χ4v) is 4.53. The lowest BCUT2D eigenvalue weighted by atomic mass is 9.82. The van der Waals surface area contributed by atoms with Crippen LogP contribution in [0.15, 0.2) is 42.5 Å². The van der Waals surface area contributed by atoms with Gasteiger partial charge in [-0.2, -0.15) is 0 Å². The number of hydrogen-bond acceptors (Lipinski definition) is 4. The normalized spacial score (nSPS) is 19.3. The third kappa shape index (κ3) is 11.7. The topological polar surface area (TPSA) is 55.8 Å². The SMILES string of the molecule is CCCCB(O)OC1CCC(/C=C/C(CCc2ccccc2)OC(=O)CCCCCBr)C1. The monoisotopic (exact) mass is 506 g/mol. The Hall–Kier alpha value is -1.11. The van der Waals surface area contributed by atoms with Crippen molar-refractivity contribution in [2.24, 2.45) is 5.92 Å². The van der Waals surface area contributed by atoms with Gasteiger partial charge < -0.3 is 14.4 Å². The van der Waals surface area contributed by atoms with Gasteiger partial charge in [-0.05, 0) is 68.8 Å². The van der Waals surface area contributed by atoms with Gasteiger partial charge in [-0.15, -0.1) is 0 Å². The standard InChI is InChI=1S/C26H40BBrO4/c1-2-3-19-27(30)32-25-18-15-23(21-25)14-17-24(16-13-22-10-6-4-7-11-22)31-26(29)12-8-5-9-20-28/h4,6-7,10-11,14,17,23-25,30H,2-3,5,8-9,12-13,15-16,18-21H2,1H3/b17-14+. The van der Waals surface area contributed by atoms with E-state index in [1.54, 1.807) is 0 Å². The highest BCUT2D eigenvalue weighted by Crippen LogP contribution is 2.30. The number of aryl methyl sites for hydroxylation is 1. The zero-order valence-electron chi connectivity index (χ0n) is 19.6. The molecule has 0 radical (unpaired) electrons. The lowest BCUT2D eigenvalue weighted by Gasteiger charge is -2.16. The zero-order chi connectivity index (χ0) is 23.0. The first kappa shape index (κ1) is 27.1. The van der Waals surface area contributed by atoms with E-state index in [4.69, 9.17) is 9.39 Å². The second-order valence-electron chi connectivity index (χ2n) is 8.87. The Balaban J connectivity index is 1.84. The predicted molar refractivity (Wildman–Crippen MR) is 136 cm³/mol. The van der Waals surface area contributed by atoms with Crippen molar-refractivity contribution < 1.29 is 19.2 Å². The number of alkyl halides is 1. The summed E-state index contributed by atoms with van der Waals surface area (Å²) >= 11 is 3.43. The highest BCUT2D eigenvalue weighted by Gasteiger charge is 2.27. The van der Waals surface area contributed by atoms with Crippen molar-refractivity contribution in [2.75, 3.05) is 5.33 Å². The maximum Gasteiger partial charge on any atom is 0.454 e. The van der Waals surface area contributed by atoms with E-state index in [0.29, 0.717) is 18.7 Å². The molecule has 1 aliphatic carbocycles. The van der Waals surface area contributed by atoms with E-state index in [0.717, 1.165) is 69.5 Å². The Kier molecular flexibility index (Phi) is 14.0. The van der Waals surface area contributed by atoms with Gasteiger partial charge in [0, 0.05) is 17.9 Å². The summed E-state index contributed by atoms with van der Waals surface area (Å²) in [6.45, 7) is 2.12. The summed E-state index contributed by atoms with van der Waals surface area (Å²) in [7, 11) is -0.646. The average molecular weight is 507 g/mol. The Labute approximate surface area is 203 Å². The second kappa shape index (κ2) is 16.5. The van der Waals surface area contributed by atoms with Crippen molar-refractivity contribution >= 4 is 29.0 Å². The van der Waals surface area contributed by atoms with E-state index in [9.17, 15) is 9.82 Å². The predicted octanol–water partition coefficient (Wildman–Crippen LogP) is 6.51. The minimum Gasteiger partial charge on any atom is -0.458 e. The molecule has 2 rings (SSSR count). The van der Waals surface area contributed by atoms with Crippen LogP contribution in [-0.4, -0.2) is 35.6 Å². The molecule has 4 nitrogen and oxygen atoms in total. The number of unbranched alkanes of at least 4 members (excludes halogenated alkanes) is 3. The second-order valence-corrected chi connectivity index (χ2v) is 9.66. The number of halogens is 1. The highest BCUT2D eigenvalue weighted by molar-refractivity contribution is 9.09. The van der Waals surface area contributed by atoms with Gasteiger partial charge in [-0.1, -0.05) is 78.5 Å². The molecule has 0 saturated heterocycles. The quantitative estimate of drug-likeness (QED) is 0.0912. The molecule has 1 aromatic carbocycles. The van der Waals surface area contributed by atoms with Gasteiger partial charge in [0.05, 0.1) is 0 Å². The first-order valence-electron chi connectivity index (χ1n) is 12.4. The van der Waals surface area contributed by atoms with E-state index < -0.39 is 7.12 Å². The first-order valence-corrected chi connectivity index (χ1v) is 13.5. The van der Waals surface area contributed by atoms with Crippen LogP contribution in [0.3, 0.4) is 0 Å². The minimum atomic E-state index is -0.646. The molecule has 1 N–H and O–H groups in total. The summed E-state index contributed by atoms with van der Waals surface area (Å²) in [4.78, 5) is 12.4. The molecule has 0 bridgehead atoms. The van der Waals surface area contributed by atoms with Gasteiger partial charge in [-0.3, -0.25) is 4.79 Å². The summed E-state index contributed by atoms with van der Waals surface area (Å²) < 4.78 is 11.7. The van der Waals surface area contributed by atoms with Crippen LogP contribution in [0.5, 0.6) is 0 Å². The van der Waals surface area contributed by atoms with Crippen LogP contribution in [0.4, 0.5) is 0 Å². The van der Waals surface area contributed by atoms with E-state index in [1.807, 2.05) is 18.2 Å². The molecule has 0 spiro atoms. The zero-order valence-corrected chi connectivity index (χ0v) is 21.2. The number of hydrogen-bond donors (Lipinski definition) is 1. The smallest absolute Gasteiger partial charge is 0.454 e. The molecule has 3 atom stereocenters. The number of benzene rings is 1. The Morgan fingerprint density at radius 3 is 2.78 bits per heavy atom. The number of ether oxygens (including phenoxy) is 1. The molecule has 0 heterocycles. The Morgan fingerprint density at radius 2 is 2.03 bits per heavy atom. The van der Waals surface area contributed by atoms with Gasteiger partial charge in [0.15, 0.2) is 0 Å².